The van der Waals surface area contributed by atoms with Crippen LogP contribution in [-0.4, -0.2) is 16.2 Å². The van der Waals surface area contributed by atoms with Crippen LogP contribution in [0.1, 0.15) is 5.56 Å². The maximum absolute atomic E-state index is 10.3. The molecule has 5 nitrogen and oxygen atoms in total. The van der Waals surface area contributed by atoms with Crippen LogP contribution in [0.5, 0.6) is 5.75 Å². The molecule has 0 unspecified atom stereocenters. The lowest BCUT2D eigenvalue weighted by Gasteiger charge is -2.04. The van der Waals surface area contributed by atoms with E-state index >= 15 is 0 Å². The predicted octanol–water partition coefficient (Wildman–Crippen LogP) is 0.305. The molecule has 0 atom stereocenters. The zero-order valence-corrected chi connectivity index (χ0v) is 6.82. The molecule has 1 aromatic rings. The SMILES string of the molecule is NNc1ccc(CC(=O)O)cc1O. The number of carboxylic acid groups (broad SMARTS) is 1. The van der Waals surface area contributed by atoms with Gasteiger partial charge in [0.15, 0.2) is 0 Å². The highest BCUT2D eigenvalue weighted by atomic mass is 16.4. The lowest BCUT2D eigenvalue weighted by molar-refractivity contribution is -0.136. The van der Waals surface area contributed by atoms with Crippen molar-refractivity contribution in [3.05, 3.63) is 23.8 Å². The van der Waals surface area contributed by atoms with Crippen LogP contribution in [-0.2, 0) is 11.2 Å². The molecule has 1 rings (SSSR count). The molecule has 0 saturated carbocycles. The molecule has 0 fully saturated rings. The summed E-state index contributed by atoms with van der Waals surface area (Å²) in [6, 6.07) is 4.47. The van der Waals surface area contributed by atoms with Gasteiger partial charge in [0.05, 0.1) is 12.1 Å². The number of carboxylic acids is 1. The zero-order valence-electron chi connectivity index (χ0n) is 6.82. The van der Waals surface area contributed by atoms with Gasteiger partial charge < -0.3 is 15.6 Å². The number of phenolic OH excluding ortho intramolecular Hbond substituents is 1. The average molecular weight is 182 g/mol. The number of anilines is 1. The summed E-state index contributed by atoms with van der Waals surface area (Å²) in [5, 5.41) is 17.7. The first-order valence-corrected chi connectivity index (χ1v) is 3.64. The maximum atomic E-state index is 10.3. The summed E-state index contributed by atoms with van der Waals surface area (Å²) in [6.07, 6.45) is -0.113. The molecular formula is C8H10N2O3. The number of hydrazine groups is 1. The number of phenols is 1. The molecule has 0 aliphatic carbocycles. The van der Waals surface area contributed by atoms with Crippen molar-refractivity contribution in [3.8, 4) is 5.75 Å². The Morgan fingerprint density at radius 1 is 1.54 bits per heavy atom. The fraction of sp³-hybridized carbons (Fsp3) is 0.125. The van der Waals surface area contributed by atoms with E-state index in [4.69, 9.17) is 10.9 Å². The molecule has 0 amide bonds. The van der Waals surface area contributed by atoms with Gasteiger partial charge >= 0.3 is 5.97 Å². The van der Waals surface area contributed by atoms with Crippen molar-refractivity contribution in [1.82, 2.24) is 0 Å². The monoisotopic (exact) mass is 182 g/mol. The van der Waals surface area contributed by atoms with Gasteiger partial charge in [-0.25, -0.2) is 0 Å². The number of aliphatic carboxylic acids is 1. The summed E-state index contributed by atoms with van der Waals surface area (Å²) >= 11 is 0. The number of nitrogens with two attached hydrogens (primary N) is 1. The number of benzene rings is 1. The number of hydrogen-bond donors (Lipinski definition) is 4. The van der Waals surface area contributed by atoms with E-state index in [1.165, 1.54) is 12.1 Å². The van der Waals surface area contributed by atoms with E-state index < -0.39 is 5.97 Å². The molecule has 13 heavy (non-hydrogen) atoms. The molecule has 0 heterocycles. The van der Waals surface area contributed by atoms with Gasteiger partial charge in [-0.3, -0.25) is 10.6 Å². The lowest BCUT2D eigenvalue weighted by atomic mass is 10.1. The second-order valence-corrected chi connectivity index (χ2v) is 2.57. The Hall–Kier alpha value is -1.75. The smallest absolute Gasteiger partial charge is 0.307 e. The van der Waals surface area contributed by atoms with Gasteiger partial charge in [-0.05, 0) is 17.7 Å². The van der Waals surface area contributed by atoms with E-state index in [-0.39, 0.29) is 12.2 Å². The highest BCUT2D eigenvalue weighted by Gasteiger charge is 2.04. The van der Waals surface area contributed by atoms with Crippen LogP contribution in [0.4, 0.5) is 5.69 Å². The summed E-state index contributed by atoms with van der Waals surface area (Å²) in [4.78, 5) is 10.3. The summed E-state index contributed by atoms with van der Waals surface area (Å²) in [5.74, 6) is 4.08. The Morgan fingerprint density at radius 2 is 2.23 bits per heavy atom. The van der Waals surface area contributed by atoms with Crippen molar-refractivity contribution >= 4 is 11.7 Å². The number of nitrogen functional groups attached to an aromatic ring is 1. The van der Waals surface area contributed by atoms with Crippen LogP contribution >= 0.6 is 0 Å². The molecule has 70 valence electrons. The quantitative estimate of drug-likeness (QED) is 0.306. The fourth-order valence-electron chi connectivity index (χ4n) is 0.984. The molecule has 0 aromatic heterocycles. The Labute approximate surface area is 74.8 Å². The highest BCUT2D eigenvalue weighted by molar-refractivity contribution is 5.71. The third kappa shape index (κ3) is 2.34. The van der Waals surface area contributed by atoms with Gasteiger partial charge in [-0.2, -0.15) is 0 Å². The first-order valence-electron chi connectivity index (χ1n) is 3.64. The van der Waals surface area contributed by atoms with Gasteiger partial charge in [0.2, 0.25) is 0 Å². The molecule has 0 bridgehead atoms. The first kappa shape index (κ1) is 9.34. The van der Waals surface area contributed by atoms with Crippen LogP contribution in [0, 0.1) is 0 Å². The first-order chi connectivity index (χ1) is 6.13. The van der Waals surface area contributed by atoms with Gasteiger partial charge in [0.1, 0.15) is 5.75 Å². The molecule has 0 aliphatic heterocycles. The van der Waals surface area contributed by atoms with Crippen molar-refractivity contribution in [3.63, 3.8) is 0 Å². The van der Waals surface area contributed by atoms with E-state index in [9.17, 15) is 9.90 Å². The normalized spacial score (nSPS) is 9.62. The number of aromatic hydroxyl groups is 1. The second kappa shape index (κ2) is 3.77. The minimum absolute atomic E-state index is 0.0544. The van der Waals surface area contributed by atoms with Crippen molar-refractivity contribution in [2.45, 2.75) is 6.42 Å². The number of carbonyl (C=O) groups is 1. The van der Waals surface area contributed by atoms with E-state index in [1.54, 1.807) is 6.07 Å². The Morgan fingerprint density at radius 3 is 2.69 bits per heavy atom. The largest absolute Gasteiger partial charge is 0.506 e. The Kier molecular flexibility index (Phi) is 2.71. The van der Waals surface area contributed by atoms with Gasteiger partial charge in [0, 0.05) is 0 Å². The molecule has 1 aromatic carbocycles. The van der Waals surface area contributed by atoms with Gasteiger partial charge in [-0.15, -0.1) is 0 Å². The Balaban J connectivity index is 2.89. The molecule has 0 radical (unpaired) electrons. The third-order valence-electron chi connectivity index (χ3n) is 1.57. The van der Waals surface area contributed by atoms with E-state index in [2.05, 4.69) is 5.43 Å². The summed E-state index contributed by atoms with van der Waals surface area (Å²) in [6.45, 7) is 0. The Bertz CT molecular complexity index is 325. The van der Waals surface area contributed by atoms with Crippen LogP contribution in [0.15, 0.2) is 18.2 Å². The molecule has 0 spiro atoms. The van der Waals surface area contributed by atoms with E-state index in [1.807, 2.05) is 0 Å². The minimum atomic E-state index is -0.937. The molecule has 5 N–H and O–H groups in total. The fourth-order valence-corrected chi connectivity index (χ4v) is 0.984. The van der Waals surface area contributed by atoms with Crippen molar-refractivity contribution < 1.29 is 15.0 Å². The number of nitrogens with one attached hydrogen (secondary N) is 1. The van der Waals surface area contributed by atoms with Crippen molar-refractivity contribution in [2.24, 2.45) is 5.84 Å². The van der Waals surface area contributed by atoms with Gasteiger partial charge in [-0.1, -0.05) is 6.07 Å². The second-order valence-electron chi connectivity index (χ2n) is 2.57. The van der Waals surface area contributed by atoms with Crippen LogP contribution in [0.3, 0.4) is 0 Å². The third-order valence-corrected chi connectivity index (χ3v) is 1.57. The van der Waals surface area contributed by atoms with E-state index in [0.29, 0.717) is 11.3 Å². The average Bonchev–Trinajstić information content (AvgIpc) is 2.03. The maximum Gasteiger partial charge on any atom is 0.307 e. The molecule has 0 aliphatic rings. The predicted molar refractivity (Wildman–Crippen MR) is 47.3 cm³/mol. The molecular weight excluding hydrogens is 172 g/mol. The van der Waals surface area contributed by atoms with E-state index in [0.717, 1.165) is 0 Å². The van der Waals surface area contributed by atoms with Crippen molar-refractivity contribution in [2.75, 3.05) is 5.43 Å². The summed E-state index contributed by atoms with van der Waals surface area (Å²) in [7, 11) is 0. The minimum Gasteiger partial charge on any atom is -0.506 e. The van der Waals surface area contributed by atoms with Gasteiger partial charge in [0.25, 0.3) is 0 Å². The number of hydrogen-bond acceptors (Lipinski definition) is 4. The topological polar surface area (TPSA) is 95.6 Å². The number of rotatable bonds is 3. The van der Waals surface area contributed by atoms with Crippen LogP contribution < -0.4 is 11.3 Å². The molecule has 5 heteroatoms. The lowest BCUT2D eigenvalue weighted by Crippen LogP contribution is -2.07. The standard InChI is InChI=1S/C8H10N2O3/c9-10-6-2-1-5(3-7(6)11)4-8(12)13/h1-3,10-11H,4,9H2,(H,12,13). The summed E-state index contributed by atoms with van der Waals surface area (Å²) in [5.41, 5.74) is 3.18. The van der Waals surface area contributed by atoms with Crippen LogP contribution in [0.25, 0.3) is 0 Å². The van der Waals surface area contributed by atoms with Crippen LogP contribution in [0.2, 0.25) is 0 Å². The zero-order chi connectivity index (χ0) is 9.84. The van der Waals surface area contributed by atoms with Crippen molar-refractivity contribution in [1.29, 1.82) is 0 Å². The highest BCUT2D eigenvalue weighted by Crippen LogP contribution is 2.23. The summed E-state index contributed by atoms with van der Waals surface area (Å²) < 4.78 is 0. The molecule has 0 saturated heterocycles.